The van der Waals surface area contributed by atoms with E-state index in [-0.39, 0.29) is 11.8 Å². The lowest BCUT2D eigenvalue weighted by Crippen LogP contribution is -2.52. The zero-order chi connectivity index (χ0) is 32.2. The van der Waals surface area contributed by atoms with Crippen LogP contribution in [0.2, 0.25) is 0 Å². The van der Waals surface area contributed by atoms with Crippen LogP contribution in [0, 0.1) is 46.3 Å². The van der Waals surface area contributed by atoms with Crippen LogP contribution in [-0.4, -0.2) is 42.8 Å². The molecule has 0 amide bonds. The van der Waals surface area contributed by atoms with E-state index >= 15 is 0 Å². The van der Waals surface area contributed by atoms with E-state index in [0.717, 1.165) is 30.8 Å². The third-order valence-corrected chi connectivity index (χ3v) is 12.6. The Bertz CT molecular complexity index is 1170. The molecule has 0 aromatic carbocycles. The van der Waals surface area contributed by atoms with Crippen LogP contribution in [0.3, 0.4) is 0 Å². The van der Waals surface area contributed by atoms with Crippen molar-refractivity contribution in [1.82, 2.24) is 0 Å². The molecule has 0 spiro atoms. The highest BCUT2D eigenvalue weighted by molar-refractivity contribution is 7.86. The summed E-state index contributed by atoms with van der Waals surface area (Å²) in [6.07, 6.45) is -0.531. The lowest BCUT2D eigenvalue weighted by molar-refractivity contribution is -0.253. The van der Waals surface area contributed by atoms with Gasteiger partial charge in [0.1, 0.15) is 6.10 Å². The Balaban J connectivity index is 1.42. The maximum absolute atomic E-state index is 13.8. The fourth-order valence-corrected chi connectivity index (χ4v) is 9.93. The van der Waals surface area contributed by atoms with Crippen molar-refractivity contribution in [3.63, 3.8) is 0 Å². The van der Waals surface area contributed by atoms with Gasteiger partial charge in [-0.2, -0.15) is 30.4 Å². The largest absolute Gasteiger partial charge is 0.509 e. The molecule has 9 atom stereocenters. The average Bonchev–Trinajstić information content (AvgIpc) is 3.23. The second-order valence-corrected chi connectivity index (χ2v) is 16.1. The lowest BCUT2D eigenvalue weighted by Gasteiger charge is -2.58. The second-order valence-electron chi connectivity index (χ2n) is 14.6. The first-order valence-electron chi connectivity index (χ1n) is 15.7. The third-order valence-electron chi connectivity index (χ3n) is 11.7. The second kappa shape index (κ2) is 12.1. The first kappa shape index (κ1) is 34.4. The highest BCUT2D eigenvalue weighted by Gasteiger charge is 2.66. The van der Waals surface area contributed by atoms with E-state index in [4.69, 9.17) is 9.29 Å². The van der Waals surface area contributed by atoms with Gasteiger partial charge in [-0.05, 0) is 91.3 Å². The van der Waals surface area contributed by atoms with Gasteiger partial charge in [0, 0.05) is 6.42 Å². The topological polar surface area (TPSA) is 89.9 Å². The lowest BCUT2D eigenvalue weighted by atomic mass is 9.47. The maximum Gasteiger partial charge on any atom is 0.509 e. The normalized spacial score (nSPS) is 36.2. The monoisotopic (exact) mass is 642 g/mol. The third kappa shape index (κ3) is 6.61. The van der Waals surface area contributed by atoms with Gasteiger partial charge in [0.25, 0.3) is 6.10 Å². The van der Waals surface area contributed by atoms with Crippen molar-refractivity contribution < 1.29 is 49.2 Å². The highest BCUT2D eigenvalue weighted by atomic mass is 32.2. The number of ether oxygens (including phenoxy) is 2. The zero-order valence-electron chi connectivity index (χ0n) is 25.8. The molecule has 0 saturated heterocycles. The summed E-state index contributed by atoms with van der Waals surface area (Å²) < 4.78 is 106. The molecule has 0 radical (unpaired) electrons. The number of allylic oxidation sites excluding steroid dienone is 1. The first-order valence-corrected chi connectivity index (χ1v) is 17.1. The molecule has 1 N–H and O–H groups in total. The highest BCUT2D eigenvalue weighted by Crippen LogP contribution is 2.67. The molecule has 6 nitrogen and oxygen atoms in total. The molecule has 248 valence electrons. The molecule has 0 heterocycles. The Kier molecular flexibility index (Phi) is 9.66. The van der Waals surface area contributed by atoms with E-state index in [1.54, 1.807) is 0 Å². The predicted molar refractivity (Wildman–Crippen MR) is 151 cm³/mol. The van der Waals surface area contributed by atoms with E-state index in [1.165, 1.54) is 32.1 Å². The minimum atomic E-state index is -6.52. The molecule has 12 heteroatoms. The predicted octanol–water partition coefficient (Wildman–Crippen LogP) is 8.96. The summed E-state index contributed by atoms with van der Waals surface area (Å²) in [5.41, 5.74) is 1.22. The van der Waals surface area contributed by atoms with Gasteiger partial charge in [0.05, 0.1) is 0 Å². The van der Waals surface area contributed by atoms with Gasteiger partial charge in [0.15, 0.2) is 0 Å². The molecule has 4 rings (SSSR count). The van der Waals surface area contributed by atoms with Crippen LogP contribution in [-0.2, 0) is 19.6 Å². The molecule has 3 saturated carbocycles. The quantitative estimate of drug-likeness (QED) is 0.117. The van der Waals surface area contributed by atoms with Crippen LogP contribution in [0.4, 0.5) is 26.7 Å². The number of fused-ring (bicyclic) bond motifs is 5. The maximum atomic E-state index is 13.8. The molecule has 0 aromatic heterocycles. The minimum absolute atomic E-state index is 0.151. The smallest absolute Gasteiger partial charge is 0.431 e. The first-order chi connectivity index (χ1) is 19.7. The molecule has 4 aliphatic carbocycles. The molecule has 2 unspecified atom stereocenters. The van der Waals surface area contributed by atoms with E-state index in [1.807, 2.05) is 0 Å². The molecule has 43 heavy (non-hydrogen) atoms. The summed E-state index contributed by atoms with van der Waals surface area (Å²) in [6.45, 7) is 11.7. The van der Waals surface area contributed by atoms with Gasteiger partial charge in [0.2, 0.25) is 0 Å². The summed E-state index contributed by atoms with van der Waals surface area (Å²) in [4.78, 5) is 12.2. The van der Waals surface area contributed by atoms with E-state index in [0.29, 0.717) is 47.8 Å². The van der Waals surface area contributed by atoms with Gasteiger partial charge in [-0.3, -0.25) is 4.55 Å². The van der Waals surface area contributed by atoms with Gasteiger partial charge in [-0.25, -0.2) is 4.79 Å². The van der Waals surface area contributed by atoms with Crippen LogP contribution < -0.4 is 0 Å². The summed E-state index contributed by atoms with van der Waals surface area (Å²) >= 11 is 0. The van der Waals surface area contributed by atoms with E-state index in [9.17, 15) is 35.2 Å². The number of rotatable bonds is 9. The van der Waals surface area contributed by atoms with Crippen molar-refractivity contribution in [2.75, 3.05) is 0 Å². The average molecular weight is 643 g/mol. The van der Waals surface area contributed by atoms with Crippen LogP contribution in [0.15, 0.2) is 11.6 Å². The number of carbonyl (C=O) groups is 1. The summed E-state index contributed by atoms with van der Waals surface area (Å²) in [5.74, 6) is 3.74. The Morgan fingerprint density at radius 3 is 2.30 bits per heavy atom. The van der Waals surface area contributed by atoms with Crippen molar-refractivity contribution >= 4 is 16.3 Å². The van der Waals surface area contributed by atoms with Crippen LogP contribution in [0.1, 0.15) is 105 Å². The van der Waals surface area contributed by atoms with Gasteiger partial charge in [-0.15, -0.1) is 0 Å². The van der Waals surface area contributed by atoms with Crippen molar-refractivity contribution in [2.45, 2.75) is 129 Å². The van der Waals surface area contributed by atoms with Crippen molar-refractivity contribution in [1.29, 1.82) is 0 Å². The molecular formula is C31H47F5O6S. The Hall–Kier alpha value is -1.43. The molecule has 3 fully saturated rings. The van der Waals surface area contributed by atoms with Gasteiger partial charge >= 0.3 is 27.7 Å². The van der Waals surface area contributed by atoms with Gasteiger partial charge < -0.3 is 9.47 Å². The van der Waals surface area contributed by atoms with Crippen LogP contribution >= 0.6 is 0 Å². The van der Waals surface area contributed by atoms with E-state index in [2.05, 4.69) is 45.4 Å². The molecule has 0 aromatic rings. The number of alkyl halides is 5. The fraction of sp³-hybridized carbons (Fsp3) is 0.903. The molecule has 0 bridgehead atoms. The minimum Gasteiger partial charge on any atom is -0.431 e. The number of hydrogen-bond acceptors (Lipinski definition) is 5. The van der Waals surface area contributed by atoms with Crippen molar-refractivity contribution in [2.24, 2.45) is 46.3 Å². The van der Waals surface area contributed by atoms with Crippen LogP contribution in [0.5, 0.6) is 0 Å². The number of halogens is 5. The molecular weight excluding hydrogens is 595 g/mol. The summed E-state index contributed by atoms with van der Waals surface area (Å²) in [7, 11) is -6.52. The van der Waals surface area contributed by atoms with E-state index < -0.39 is 39.9 Å². The van der Waals surface area contributed by atoms with Crippen LogP contribution in [0.25, 0.3) is 0 Å². The Morgan fingerprint density at radius 1 is 1.02 bits per heavy atom. The standard InChI is InChI=1S/C31H47F5O6S/c1-18(2)7-6-8-19(3)23-11-12-24-22-10-9-20-17-21(13-15-28(20,4)25(22)14-16-29(23,24)5)41-27(37)42-26(30(32,33)34)31(35,36)43(38,39)40/h9,18-19,21-26H,6-8,10-17H2,1-5H3,(H,38,39,40)/t19-,21?,22+,23-,24+,25+,26?,28+,29-/m1/s1. The Morgan fingerprint density at radius 2 is 1.70 bits per heavy atom. The van der Waals surface area contributed by atoms with Gasteiger partial charge in [-0.1, -0.05) is 65.5 Å². The zero-order valence-corrected chi connectivity index (χ0v) is 26.6. The fourth-order valence-electron chi connectivity index (χ4n) is 9.47. The molecule has 0 aliphatic heterocycles. The van der Waals surface area contributed by atoms with Crippen molar-refractivity contribution in [3.05, 3.63) is 11.6 Å². The number of hydrogen-bond donors (Lipinski definition) is 1. The number of carbonyl (C=O) groups excluding carboxylic acids is 1. The Labute approximate surface area is 252 Å². The summed E-state index contributed by atoms with van der Waals surface area (Å²) in [5, 5.41) is -5.79. The summed E-state index contributed by atoms with van der Waals surface area (Å²) in [6, 6.07) is 0. The molecule has 4 aliphatic rings. The van der Waals surface area contributed by atoms with Crippen molar-refractivity contribution in [3.8, 4) is 0 Å². The SMILES string of the molecule is CC(C)CCC[C@@H](C)[C@H]1CC[C@H]2[C@@H]3CC=C4CC(OC(=O)OC(C(F)(F)F)C(F)(F)S(=O)(=O)O)CC[C@]4(C)[C@H]3CC[C@]12C.